The van der Waals surface area contributed by atoms with Crippen LogP contribution in [0.1, 0.15) is 71.1 Å². The van der Waals surface area contributed by atoms with Crippen LogP contribution in [0.5, 0.6) is 0 Å². The number of carboxylic acids is 1. The zero-order chi connectivity index (χ0) is 16.3. The number of carboxylic acid groups (broad SMARTS) is 1. The topological polar surface area (TPSA) is 37.3 Å². The van der Waals surface area contributed by atoms with E-state index >= 15 is 0 Å². The molecule has 0 radical (unpaired) electrons. The number of hydrogen-bond acceptors (Lipinski definition) is 1. The van der Waals surface area contributed by atoms with E-state index in [0.717, 1.165) is 19.3 Å². The first-order chi connectivity index (χ1) is 10.8. The summed E-state index contributed by atoms with van der Waals surface area (Å²) in [5.41, 5.74) is 0. The number of aliphatic carboxylic acids is 1. The maximum atomic E-state index is 10.3. The van der Waals surface area contributed by atoms with Gasteiger partial charge in [0.2, 0.25) is 0 Å². The minimum absolute atomic E-state index is 0.275. The Morgan fingerprint density at radius 1 is 0.727 bits per heavy atom. The molecule has 0 aromatic heterocycles. The first-order valence-electron chi connectivity index (χ1n) is 8.64. The molecule has 0 heterocycles. The Hall–Kier alpha value is -1.57. The van der Waals surface area contributed by atoms with Crippen LogP contribution < -0.4 is 0 Å². The van der Waals surface area contributed by atoms with E-state index in [-0.39, 0.29) is 6.42 Å². The molecule has 1 N–H and O–H groups in total. The molecular weight excluding hydrogens is 272 g/mol. The van der Waals surface area contributed by atoms with Gasteiger partial charge in [-0.3, -0.25) is 4.79 Å². The molecular formula is C20H32O2. The molecule has 0 spiro atoms. The largest absolute Gasteiger partial charge is 0.481 e. The van der Waals surface area contributed by atoms with E-state index in [2.05, 4.69) is 31.2 Å². The summed E-state index contributed by atoms with van der Waals surface area (Å²) in [5.74, 6) is -0.706. The van der Waals surface area contributed by atoms with Crippen LogP contribution in [0.2, 0.25) is 0 Å². The van der Waals surface area contributed by atoms with Crippen molar-refractivity contribution in [3.8, 4) is 0 Å². The first kappa shape index (κ1) is 20.4. The van der Waals surface area contributed by atoms with Gasteiger partial charge in [0, 0.05) is 6.42 Å². The van der Waals surface area contributed by atoms with Crippen LogP contribution in [0.4, 0.5) is 0 Å². The SMILES string of the molecule is CCCCCCC/C=C/C=C/C=C/C=C/CCCCC(=O)O. The average molecular weight is 304 g/mol. The Balaban J connectivity index is 3.45. The smallest absolute Gasteiger partial charge is 0.303 e. The fourth-order valence-electron chi connectivity index (χ4n) is 2.01. The Morgan fingerprint density at radius 3 is 1.77 bits per heavy atom. The molecule has 0 amide bonds. The van der Waals surface area contributed by atoms with Crippen molar-refractivity contribution in [3.05, 3.63) is 48.6 Å². The van der Waals surface area contributed by atoms with E-state index < -0.39 is 5.97 Å². The van der Waals surface area contributed by atoms with Gasteiger partial charge in [0.15, 0.2) is 0 Å². The zero-order valence-electron chi connectivity index (χ0n) is 14.0. The van der Waals surface area contributed by atoms with Crippen molar-refractivity contribution in [2.75, 3.05) is 0 Å². The molecule has 0 bridgehead atoms. The lowest BCUT2D eigenvalue weighted by Gasteiger charge is -1.95. The van der Waals surface area contributed by atoms with Gasteiger partial charge in [0.1, 0.15) is 0 Å². The van der Waals surface area contributed by atoms with E-state index in [9.17, 15) is 4.79 Å². The van der Waals surface area contributed by atoms with E-state index in [4.69, 9.17) is 5.11 Å². The highest BCUT2D eigenvalue weighted by Crippen LogP contribution is 2.05. The number of carbonyl (C=O) groups is 1. The Kier molecular flexibility index (Phi) is 16.2. The second kappa shape index (κ2) is 17.5. The van der Waals surface area contributed by atoms with Crippen LogP contribution in [0.3, 0.4) is 0 Å². The molecule has 0 saturated carbocycles. The van der Waals surface area contributed by atoms with Crippen molar-refractivity contribution >= 4 is 5.97 Å². The summed E-state index contributed by atoms with van der Waals surface area (Å²) >= 11 is 0. The molecule has 2 heteroatoms. The summed E-state index contributed by atoms with van der Waals surface area (Å²) in [6.45, 7) is 2.24. The third-order valence-corrected chi connectivity index (χ3v) is 3.31. The van der Waals surface area contributed by atoms with Crippen LogP contribution in [-0.4, -0.2) is 11.1 Å². The molecule has 0 aromatic carbocycles. The van der Waals surface area contributed by atoms with Crippen LogP contribution >= 0.6 is 0 Å². The van der Waals surface area contributed by atoms with Crippen molar-refractivity contribution in [1.29, 1.82) is 0 Å². The molecule has 0 atom stereocenters. The molecule has 0 aliphatic carbocycles. The van der Waals surface area contributed by atoms with Crippen LogP contribution in [-0.2, 0) is 4.79 Å². The lowest BCUT2D eigenvalue weighted by molar-refractivity contribution is -0.137. The molecule has 22 heavy (non-hydrogen) atoms. The summed E-state index contributed by atoms with van der Waals surface area (Å²) < 4.78 is 0. The van der Waals surface area contributed by atoms with Crippen LogP contribution in [0.15, 0.2) is 48.6 Å². The minimum atomic E-state index is -0.706. The van der Waals surface area contributed by atoms with E-state index in [1.165, 1.54) is 38.5 Å². The average Bonchev–Trinajstić information content (AvgIpc) is 2.50. The summed E-state index contributed by atoms with van der Waals surface area (Å²) in [7, 11) is 0. The highest BCUT2D eigenvalue weighted by Gasteiger charge is 1.93. The third kappa shape index (κ3) is 18.4. The number of allylic oxidation sites excluding steroid dienone is 8. The fourth-order valence-corrected chi connectivity index (χ4v) is 2.01. The molecule has 0 fully saturated rings. The summed E-state index contributed by atoms with van der Waals surface area (Å²) in [6, 6.07) is 0. The minimum Gasteiger partial charge on any atom is -0.481 e. The van der Waals surface area contributed by atoms with Gasteiger partial charge in [-0.15, -0.1) is 0 Å². The highest BCUT2D eigenvalue weighted by atomic mass is 16.4. The number of hydrogen-bond donors (Lipinski definition) is 1. The van der Waals surface area contributed by atoms with E-state index in [0.29, 0.717) is 0 Å². The molecule has 0 aliphatic heterocycles. The molecule has 0 aromatic rings. The predicted molar refractivity (Wildman–Crippen MR) is 96.0 cm³/mol. The maximum Gasteiger partial charge on any atom is 0.303 e. The molecule has 2 nitrogen and oxygen atoms in total. The van der Waals surface area contributed by atoms with Crippen molar-refractivity contribution in [2.24, 2.45) is 0 Å². The van der Waals surface area contributed by atoms with Crippen molar-refractivity contribution < 1.29 is 9.90 Å². The molecule has 0 saturated heterocycles. The second-order valence-corrected chi connectivity index (χ2v) is 5.47. The second-order valence-electron chi connectivity index (χ2n) is 5.47. The number of unbranched alkanes of at least 4 members (excludes halogenated alkanes) is 7. The Morgan fingerprint density at radius 2 is 1.23 bits per heavy atom. The van der Waals surface area contributed by atoms with Crippen LogP contribution in [0.25, 0.3) is 0 Å². The Labute approximate surface area is 136 Å². The molecule has 0 rings (SSSR count). The van der Waals surface area contributed by atoms with Gasteiger partial charge in [-0.2, -0.15) is 0 Å². The Bertz CT molecular complexity index is 362. The van der Waals surface area contributed by atoms with E-state index in [1.807, 2.05) is 24.3 Å². The summed E-state index contributed by atoms with van der Waals surface area (Å²) in [5, 5.41) is 8.50. The quantitative estimate of drug-likeness (QED) is 0.305. The van der Waals surface area contributed by atoms with Gasteiger partial charge >= 0.3 is 5.97 Å². The monoisotopic (exact) mass is 304 g/mol. The highest BCUT2D eigenvalue weighted by molar-refractivity contribution is 5.66. The zero-order valence-corrected chi connectivity index (χ0v) is 14.0. The van der Waals surface area contributed by atoms with Crippen molar-refractivity contribution in [3.63, 3.8) is 0 Å². The standard InChI is InChI=1S/C20H32O2/c1-2-3-4-5-6-7-8-9-10-11-12-13-14-15-16-17-18-19-20(21)22/h8-15H,2-7,16-19H2,1H3,(H,21,22)/b9-8+,11-10+,13-12+,15-14+. The molecule has 0 unspecified atom stereocenters. The lowest BCUT2D eigenvalue weighted by atomic mass is 10.1. The van der Waals surface area contributed by atoms with Gasteiger partial charge in [0.05, 0.1) is 0 Å². The fraction of sp³-hybridized carbons (Fsp3) is 0.550. The molecule has 0 aliphatic rings. The van der Waals surface area contributed by atoms with Gasteiger partial charge in [-0.25, -0.2) is 0 Å². The van der Waals surface area contributed by atoms with Crippen molar-refractivity contribution in [2.45, 2.75) is 71.1 Å². The molecule has 124 valence electrons. The van der Waals surface area contributed by atoms with Crippen LogP contribution in [0, 0.1) is 0 Å². The maximum absolute atomic E-state index is 10.3. The van der Waals surface area contributed by atoms with Gasteiger partial charge in [0.25, 0.3) is 0 Å². The van der Waals surface area contributed by atoms with Gasteiger partial charge in [-0.05, 0) is 32.1 Å². The summed E-state index contributed by atoms with van der Waals surface area (Å²) in [4.78, 5) is 10.3. The lowest BCUT2D eigenvalue weighted by Crippen LogP contribution is -1.92. The van der Waals surface area contributed by atoms with E-state index in [1.54, 1.807) is 0 Å². The first-order valence-corrected chi connectivity index (χ1v) is 8.64. The predicted octanol–water partition coefficient (Wildman–Crippen LogP) is 6.22. The van der Waals surface area contributed by atoms with Gasteiger partial charge < -0.3 is 5.11 Å². The van der Waals surface area contributed by atoms with Crippen molar-refractivity contribution in [1.82, 2.24) is 0 Å². The number of rotatable bonds is 14. The summed E-state index contributed by atoms with van der Waals surface area (Å²) in [6.07, 6.45) is 27.3. The normalized spacial score (nSPS) is 12.4. The van der Waals surface area contributed by atoms with Gasteiger partial charge in [-0.1, -0.05) is 81.2 Å². The third-order valence-electron chi connectivity index (χ3n) is 3.31.